The Morgan fingerprint density at radius 2 is 2.06 bits per heavy atom. The summed E-state index contributed by atoms with van der Waals surface area (Å²) >= 11 is 4.57. The van der Waals surface area contributed by atoms with Crippen molar-refractivity contribution in [3.63, 3.8) is 0 Å². The molecule has 96 valence electrons. The van der Waals surface area contributed by atoms with E-state index in [9.17, 15) is 4.79 Å². The van der Waals surface area contributed by atoms with Gasteiger partial charge in [0, 0.05) is 17.9 Å². The average molecular weight is 320 g/mol. The number of amides is 1. The molecular weight excluding hydrogens is 302 g/mol. The highest BCUT2D eigenvalue weighted by Gasteiger charge is 2.24. The summed E-state index contributed by atoms with van der Waals surface area (Å²) in [5, 5.41) is 4.83. The molecule has 0 atom stereocenters. The first-order valence-electron chi connectivity index (χ1n) is 5.68. The summed E-state index contributed by atoms with van der Waals surface area (Å²) < 4.78 is 3.90. The van der Waals surface area contributed by atoms with Crippen LogP contribution in [0, 0.1) is 0 Å². The van der Waals surface area contributed by atoms with Crippen LogP contribution in [0.2, 0.25) is 0 Å². The van der Waals surface area contributed by atoms with Crippen LogP contribution in [0.4, 0.5) is 0 Å². The second-order valence-electron chi connectivity index (χ2n) is 4.42. The molecule has 1 aromatic heterocycles. The van der Waals surface area contributed by atoms with Crippen LogP contribution in [-0.4, -0.2) is 38.3 Å². The lowest BCUT2D eigenvalue weighted by Gasteiger charge is -2.25. The molecule has 0 N–H and O–H groups in total. The summed E-state index contributed by atoms with van der Waals surface area (Å²) in [7, 11) is 0. The van der Waals surface area contributed by atoms with E-state index in [-0.39, 0.29) is 17.9 Å². The topological polar surface area (TPSA) is 46.1 Å². The summed E-state index contributed by atoms with van der Waals surface area (Å²) in [5.74, 6) is 0.267. The molecule has 6 heteroatoms. The molecule has 0 aliphatic rings. The van der Waals surface area contributed by atoms with E-state index < -0.39 is 0 Å². The van der Waals surface area contributed by atoms with Crippen molar-refractivity contribution in [3.05, 3.63) is 10.6 Å². The zero-order valence-corrected chi connectivity index (χ0v) is 13.0. The van der Waals surface area contributed by atoms with Crippen molar-refractivity contribution in [2.45, 2.75) is 39.7 Å². The average Bonchev–Trinajstić information content (AvgIpc) is 2.73. The highest BCUT2D eigenvalue weighted by atomic mass is 79.9. The Hall–Kier alpha value is -0.490. The van der Waals surface area contributed by atoms with Crippen LogP contribution in [0.25, 0.3) is 0 Å². The first-order valence-corrected chi connectivity index (χ1v) is 7.57. The second-order valence-corrected chi connectivity index (χ2v) is 5.97. The van der Waals surface area contributed by atoms with Gasteiger partial charge in [0.2, 0.25) is 0 Å². The van der Waals surface area contributed by atoms with Gasteiger partial charge in [-0.15, -0.1) is 5.10 Å². The standard InChI is InChI=1S/C11H18BrN3OS/c1-7(2)9-10(17-14-13-9)11(16)15(6-5-12)8(3)4/h7-8H,5-6H2,1-4H3. The van der Waals surface area contributed by atoms with Crippen LogP contribution < -0.4 is 0 Å². The lowest BCUT2D eigenvalue weighted by molar-refractivity contribution is 0.0722. The number of nitrogens with zero attached hydrogens (tertiary/aromatic N) is 3. The number of hydrogen-bond acceptors (Lipinski definition) is 4. The maximum absolute atomic E-state index is 12.4. The first-order chi connectivity index (χ1) is 7.99. The molecule has 0 saturated heterocycles. The molecule has 0 unspecified atom stereocenters. The molecule has 0 spiro atoms. The number of hydrogen-bond donors (Lipinski definition) is 0. The molecule has 1 rings (SSSR count). The van der Waals surface area contributed by atoms with Crippen LogP contribution in [-0.2, 0) is 0 Å². The Bertz CT molecular complexity index is 379. The summed E-state index contributed by atoms with van der Waals surface area (Å²) in [5.41, 5.74) is 0.806. The molecule has 0 aliphatic carbocycles. The van der Waals surface area contributed by atoms with Gasteiger partial charge < -0.3 is 4.90 Å². The van der Waals surface area contributed by atoms with Crippen molar-refractivity contribution < 1.29 is 4.79 Å². The molecule has 0 aliphatic heterocycles. The molecule has 0 radical (unpaired) electrons. The Labute approximate surface area is 115 Å². The van der Waals surface area contributed by atoms with Gasteiger partial charge in [0.15, 0.2) is 0 Å². The van der Waals surface area contributed by atoms with E-state index in [1.165, 1.54) is 11.5 Å². The van der Waals surface area contributed by atoms with E-state index in [0.29, 0.717) is 11.4 Å². The number of alkyl halides is 1. The van der Waals surface area contributed by atoms with Crippen molar-refractivity contribution in [1.29, 1.82) is 0 Å². The zero-order valence-electron chi connectivity index (χ0n) is 10.6. The Morgan fingerprint density at radius 1 is 1.41 bits per heavy atom. The van der Waals surface area contributed by atoms with Gasteiger partial charge in [0.25, 0.3) is 5.91 Å². The van der Waals surface area contributed by atoms with Crippen molar-refractivity contribution in [2.75, 3.05) is 11.9 Å². The molecular formula is C11H18BrN3OS. The number of rotatable bonds is 5. The van der Waals surface area contributed by atoms with E-state index in [1.807, 2.05) is 32.6 Å². The summed E-state index contributed by atoms with van der Waals surface area (Å²) in [6.07, 6.45) is 0. The molecule has 17 heavy (non-hydrogen) atoms. The van der Waals surface area contributed by atoms with Gasteiger partial charge in [-0.2, -0.15) is 0 Å². The Morgan fingerprint density at radius 3 is 2.53 bits per heavy atom. The Kier molecular flexibility index (Phi) is 5.52. The smallest absolute Gasteiger partial charge is 0.267 e. The van der Waals surface area contributed by atoms with Crippen LogP contribution in [0.15, 0.2) is 0 Å². The molecule has 1 aromatic rings. The van der Waals surface area contributed by atoms with Crippen molar-refractivity contribution in [2.24, 2.45) is 0 Å². The van der Waals surface area contributed by atoms with Crippen molar-refractivity contribution >= 4 is 33.4 Å². The van der Waals surface area contributed by atoms with Crippen molar-refractivity contribution in [1.82, 2.24) is 14.5 Å². The largest absolute Gasteiger partial charge is 0.335 e. The molecule has 0 bridgehead atoms. The minimum absolute atomic E-state index is 0.0400. The highest BCUT2D eigenvalue weighted by molar-refractivity contribution is 9.09. The molecule has 0 saturated carbocycles. The van der Waals surface area contributed by atoms with Gasteiger partial charge in [0.05, 0.1) is 5.69 Å². The molecule has 4 nitrogen and oxygen atoms in total. The van der Waals surface area contributed by atoms with E-state index >= 15 is 0 Å². The van der Waals surface area contributed by atoms with E-state index in [0.717, 1.165) is 11.0 Å². The number of aromatic nitrogens is 2. The van der Waals surface area contributed by atoms with E-state index in [1.54, 1.807) is 0 Å². The SMILES string of the molecule is CC(C)c1nnsc1C(=O)N(CCBr)C(C)C. The first kappa shape index (κ1) is 14.6. The van der Waals surface area contributed by atoms with Gasteiger partial charge >= 0.3 is 0 Å². The van der Waals surface area contributed by atoms with E-state index in [4.69, 9.17) is 0 Å². The third-order valence-electron chi connectivity index (χ3n) is 2.46. The Balaban J connectivity index is 2.97. The van der Waals surface area contributed by atoms with Crippen LogP contribution >= 0.6 is 27.5 Å². The minimum atomic E-state index is 0.0400. The fourth-order valence-corrected chi connectivity index (χ4v) is 2.70. The monoisotopic (exact) mass is 319 g/mol. The normalized spacial score (nSPS) is 11.2. The zero-order chi connectivity index (χ0) is 13.0. The molecule has 0 aromatic carbocycles. The van der Waals surface area contributed by atoms with Gasteiger partial charge in [-0.05, 0) is 31.3 Å². The van der Waals surface area contributed by atoms with Gasteiger partial charge in [-0.1, -0.05) is 34.3 Å². The van der Waals surface area contributed by atoms with Gasteiger partial charge in [-0.3, -0.25) is 4.79 Å². The lowest BCUT2D eigenvalue weighted by Crippen LogP contribution is -2.38. The predicted molar refractivity (Wildman–Crippen MR) is 74.0 cm³/mol. The number of carbonyl (C=O) groups excluding carboxylic acids is 1. The maximum atomic E-state index is 12.4. The summed E-state index contributed by atoms with van der Waals surface area (Å²) in [6, 6.07) is 0.183. The van der Waals surface area contributed by atoms with Gasteiger partial charge in [-0.25, -0.2) is 0 Å². The van der Waals surface area contributed by atoms with Crippen molar-refractivity contribution in [3.8, 4) is 0 Å². The maximum Gasteiger partial charge on any atom is 0.267 e. The van der Waals surface area contributed by atoms with Crippen LogP contribution in [0.5, 0.6) is 0 Å². The third kappa shape index (κ3) is 3.48. The summed E-state index contributed by atoms with van der Waals surface area (Å²) in [6.45, 7) is 8.79. The molecule has 0 fully saturated rings. The van der Waals surface area contributed by atoms with Gasteiger partial charge in [0.1, 0.15) is 4.88 Å². The van der Waals surface area contributed by atoms with Crippen LogP contribution in [0.3, 0.4) is 0 Å². The van der Waals surface area contributed by atoms with Crippen LogP contribution in [0.1, 0.15) is 49.0 Å². The summed E-state index contributed by atoms with van der Waals surface area (Å²) in [4.78, 5) is 14.9. The lowest BCUT2D eigenvalue weighted by atomic mass is 10.1. The number of carbonyl (C=O) groups is 1. The third-order valence-corrected chi connectivity index (χ3v) is 3.55. The quantitative estimate of drug-likeness (QED) is 0.784. The second kappa shape index (κ2) is 6.44. The molecule has 1 heterocycles. The minimum Gasteiger partial charge on any atom is -0.335 e. The highest BCUT2D eigenvalue weighted by Crippen LogP contribution is 2.22. The fourth-order valence-electron chi connectivity index (χ4n) is 1.54. The van der Waals surface area contributed by atoms with E-state index in [2.05, 4.69) is 25.5 Å². The number of halogens is 1. The fraction of sp³-hybridized carbons (Fsp3) is 0.727. The predicted octanol–water partition coefficient (Wildman–Crippen LogP) is 2.91. The molecule has 1 amide bonds.